The fourth-order valence-corrected chi connectivity index (χ4v) is 1.89. The predicted molar refractivity (Wildman–Crippen MR) is 62.8 cm³/mol. The van der Waals surface area contributed by atoms with Gasteiger partial charge < -0.3 is 15.5 Å². The Bertz CT molecular complexity index is 125. The first-order chi connectivity index (χ1) is 6.74. The highest BCUT2D eigenvalue weighted by molar-refractivity contribution is 7.98. The van der Waals surface area contributed by atoms with Crippen LogP contribution >= 0.6 is 11.8 Å². The fourth-order valence-electron chi connectivity index (χ4n) is 1.37. The van der Waals surface area contributed by atoms with E-state index in [9.17, 15) is 0 Å². The Labute approximate surface area is 91.3 Å². The van der Waals surface area contributed by atoms with E-state index in [0.717, 1.165) is 25.0 Å². The summed E-state index contributed by atoms with van der Waals surface area (Å²) >= 11 is 1.80. The van der Waals surface area contributed by atoms with Crippen molar-refractivity contribution >= 4 is 11.8 Å². The van der Waals surface area contributed by atoms with Crippen LogP contribution in [0, 0.1) is 0 Å². The zero-order valence-electron chi connectivity index (χ0n) is 9.20. The summed E-state index contributed by atoms with van der Waals surface area (Å²) in [6.45, 7) is 2.54. The minimum absolute atomic E-state index is 0.198. The van der Waals surface area contributed by atoms with Gasteiger partial charge in [-0.1, -0.05) is 0 Å². The summed E-state index contributed by atoms with van der Waals surface area (Å²) < 4.78 is 0. The lowest BCUT2D eigenvalue weighted by Crippen LogP contribution is -2.39. The first-order valence-corrected chi connectivity index (χ1v) is 6.60. The Morgan fingerprint density at radius 2 is 2.00 bits per heavy atom. The maximum atomic E-state index is 9.11. The van der Waals surface area contributed by atoms with Gasteiger partial charge in [0.1, 0.15) is 0 Å². The molecule has 0 aliphatic heterocycles. The van der Waals surface area contributed by atoms with E-state index in [1.54, 1.807) is 11.8 Å². The summed E-state index contributed by atoms with van der Waals surface area (Å²) in [7, 11) is 0. The number of aliphatic hydroxyl groups excluding tert-OH is 2. The number of aliphatic hydroxyl groups is 2. The van der Waals surface area contributed by atoms with Crippen molar-refractivity contribution in [3.8, 4) is 0 Å². The van der Waals surface area contributed by atoms with Crippen molar-refractivity contribution in [1.29, 1.82) is 0 Å². The van der Waals surface area contributed by atoms with Crippen molar-refractivity contribution in [2.24, 2.45) is 0 Å². The Kier molecular flexibility index (Phi) is 9.93. The molecular weight excluding hydrogens is 198 g/mol. The molecule has 86 valence electrons. The normalized spacial score (nSPS) is 15.4. The summed E-state index contributed by atoms with van der Waals surface area (Å²) in [5, 5.41) is 21.1. The van der Waals surface area contributed by atoms with E-state index in [1.165, 1.54) is 0 Å². The molecule has 0 aliphatic rings. The quantitative estimate of drug-likeness (QED) is 0.540. The molecule has 0 rings (SSSR count). The van der Waals surface area contributed by atoms with E-state index in [0.29, 0.717) is 6.04 Å². The van der Waals surface area contributed by atoms with E-state index in [2.05, 4.69) is 18.5 Å². The third kappa shape index (κ3) is 7.62. The molecular formula is C10H23NO2S. The van der Waals surface area contributed by atoms with Crippen LogP contribution in [0.25, 0.3) is 0 Å². The highest BCUT2D eigenvalue weighted by Crippen LogP contribution is 2.03. The second-order valence-corrected chi connectivity index (χ2v) is 4.58. The molecule has 0 aromatic heterocycles. The van der Waals surface area contributed by atoms with Gasteiger partial charge in [-0.25, -0.2) is 0 Å². The summed E-state index contributed by atoms with van der Waals surface area (Å²) in [5.41, 5.74) is 0. The van der Waals surface area contributed by atoms with Crippen molar-refractivity contribution in [2.75, 3.05) is 25.2 Å². The van der Waals surface area contributed by atoms with E-state index < -0.39 is 0 Å². The molecule has 3 N–H and O–H groups in total. The van der Waals surface area contributed by atoms with Crippen molar-refractivity contribution in [3.63, 3.8) is 0 Å². The molecule has 0 heterocycles. The standard InChI is InChI=1S/C10H23NO2S/c1-9(4-3-6-12)11-10(8-13)5-7-14-2/h9-13H,3-8H2,1-2H3. The third-order valence-corrected chi connectivity index (χ3v) is 2.85. The molecule has 0 aromatic carbocycles. The van der Waals surface area contributed by atoms with Crippen LogP contribution in [0.2, 0.25) is 0 Å². The molecule has 0 amide bonds. The minimum Gasteiger partial charge on any atom is -0.396 e. The Morgan fingerprint density at radius 1 is 1.29 bits per heavy atom. The van der Waals surface area contributed by atoms with Crippen LogP contribution in [0.5, 0.6) is 0 Å². The van der Waals surface area contributed by atoms with Crippen molar-refractivity contribution < 1.29 is 10.2 Å². The average molecular weight is 221 g/mol. The number of hydrogen-bond acceptors (Lipinski definition) is 4. The van der Waals surface area contributed by atoms with Gasteiger partial charge in [0.2, 0.25) is 0 Å². The molecule has 3 nitrogen and oxygen atoms in total. The maximum Gasteiger partial charge on any atom is 0.0585 e. The van der Waals surface area contributed by atoms with Gasteiger partial charge in [0, 0.05) is 18.7 Å². The van der Waals surface area contributed by atoms with Gasteiger partial charge in [-0.2, -0.15) is 11.8 Å². The first kappa shape index (κ1) is 14.2. The highest BCUT2D eigenvalue weighted by atomic mass is 32.2. The molecule has 0 aromatic rings. The molecule has 2 unspecified atom stereocenters. The zero-order valence-corrected chi connectivity index (χ0v) is 10.0. The lowest BCUT2D eigenvalue weighted by atomic mass is 10.1. The Balaban J connectivity index is 3.57. The van der Waals surface area contributed by atoms with Gasteiger partial charge >= 0.3 is 0 Å². The number of thioether (sulfide) groups is 1. The molecule has 0 radical (unpaired) electrons. The topological polar surface area (TPSA) is 52.5 Å². The zero-order chi connectivity index (χ0) is 10.8. The van der Waals surface area contributed by atoms with E-state index in [-0.39, 0.29) is 19.3 Å². The number of hydrogen-bond donors (Lipinski definition) is 3. The number of nitrogens with one attached hydrogen (secondary N) is 1. The second-order valence-electron chi connectivity index (χ2n) is 3.59. The average Bonchev–Trinajstić information content (AvgIpc) is 2.21. The van der Waals surface area contributed by atoms with Crippen LogP contribution in [-0.2, 0) is 0 Å². The lowest BCUT2D eigenvalue weighted by molar-refractivity contribution is 0.222. The third-order valence-electron chi connectivity index (χ3n) is 2.21. The molecule has 0 saturated heterocycles. The molecule has 0 spiro atoms. The van der Waals surface area contributed by atoms with Crippen LogP contribution in [0.1, 0.15) is 26.2 Å². The molecule has 0 bridgehead atoms. The first-order valence-electron chi connectivity index (χ1n) is 5.21. The van der Waals surface area contributed by atoms with Gasteiger partial charge in [-0.15, -0.1) is 0 Å². The number of rotatable bonds is 9. The lowest BCUT2D eigenvalue weighted by Gasteiger charge is -2.21. The second kappa shape index (κ2) is 9.77. The van der Waals surface area contributed by atoms with Gasteiger partial charge in [-0.05, 0) is 38.2 Å². The fraction of sp³-hybridized carbons (Fsp3) is 1.00. The molecule has 2 atom stereocenters. The van der Waals surface area contributed by atoms with Gasteiger partial charge in [0.05, 0.1) is 6.61 Å². The van der Waals surface area contributed by atoms with E-state index in [1.807, 2.05) is 0 Å². The van der Waals surface area contributed by atoms with Crippen LogP contribution in [0.3, 0.4) is 0 Å². The minimum atomic E-state index is 0.198. The van der Waals surface area contributed by atoms with E-state index >= 15 is 0 Å². The van der Waals surface area contributed by atoms with Crippen LogP contribution in [0.4, 0.5) is 0 Å². The maximum absolute atomic E-state index is 9.11. The van der Waals surface area contributed by atoms with Crippen molar-refractivity contribution in [2.45, 2.75) is 38.3 Å². The van der Waals surface area contributed by atoms with E-state index in [4.69, 9.17) is 10.2 Å². The summed E-state index contributed by atoms with van der Waals surface area (Å²) in [4.78, 5) is 0. The summed E-state index contributed by atoms with van der Waals surface area (Å²) in [5.74, 6) is 1.07. The van der Waals surface area contributed by atoms with Crippen LogP contribution < -0.4 is 5.32 Å². The van der Waals surface area contributed by atoms with Gasteiger partial charge in [0.25, 0.3) is 0 Å². The molecule has 0 saturated carbocycles. The summed E-state index contributed by atoms with van der Waals surface area (Å²) in [6.07, 6.45) is 4.87. The van der Waals surface area contributed by atoms with Gasteiger partial charge in [0.15, 0.2) is 0 Å². The van der Waals surface area contributed by atoms with Crippen LogP contribution in [0.15, 0.2) is 0 Å². The Hall–Kier alpha value is 0.230. The van der Waals surface area contributed by atoms with Gasteiger partial charge in [-0.3, -0.25) is 0 Å². The highest BCUT2D eigenvalue weighted by Gasteiger charge is 2.09. The molecule has 4 heteroatoms. The predicted octanol–water partition coefficient (Wildman–Crippen LogP) is 0.851. The monoisotopic (exact) mass is 221 g/mol. The summed E-state index contributed by atoms with van der Waals surface area (Å²) in [6, 6.07) is 0.581. The Morgan fingerprint density at radius 3 is 2.50 bits per heavy atom. The SMILES string of the molecule is CSCCC(CO)NC(C)CCCO. The largest absolute Gasteiger partial charge is 0.396 e. The van der Waals surface area contributed by atoms with Crippen molar-refractivity contribution in [1.82, 2.24) is 5.32 Å². The molecule has 0 fully saturated rings. The molecule has 14 heavy (non-hydrogen) atoms. The molecule has 0 aliphatic carbocycles. The van der Waals surface area contributed by atoms with Crippen LogP contribution in [-0.4, -0.2) is 47.5 Å². The van der Waals surface area contributed by atoms with Crippen molar-refractivity contribution in [3.05, 3.63) is 0 Å². The smallest absolute Gasteiger partial charge is 0.0585 e.